The van der Waals surface area contributed by atoms with Crippen molar-refractivity contribution in [3.63, 3.8) is 0 Å². The van der Waals surface area contributed by atoms with E-state index in [1.54, 1.807) is 6.07 Å². The molecule has 1 aliphatic carbocycles. The Morgan fingerprint density at radius 1 is 1.29 bits per heavy atom. The molecule has 0 unspecified atom stereocenters. The van der Waals surface area contributed by atoms with E-state index in [2.05, 4.69) is 0 Å². The van der Waals surface area contributed by atoms with Gasteiger partial charge >= 0.3 is 12.1 Å². The molecule has 0 saturated heterocycles. The molecule has 0 spiro atoms. The van der Waals surface area contributed by atoms with Gasteiger partial charge in [0.15, 0.2) is 0 Å². The van der Waals surface area contributed by atoms with E-state index in [4.69, 9.17) is 5.11 Å². The highest BCUT2D eigenvalue weighted by atomic mass is 19.4. The third-order valence-electron chi connectivity index (χ3n) is 3.08. The van der Waals surface area contributed by atoms with Gasteiger partial charge in [-0.1, -0.05) is 24.3 Å². The number of hydrogen-bond donors (Lipinski definition) is 1. The average Bonchev–Trinajstić information content (AvgIpc) is 2.96. The fourth-order valence-electron chi connectivity index (χ4n) is 2.08. The van der Waals surface area contributed by atoms with E-state index in [-0.39, 0.29) is 5.56 Å². The highest BCUT2D eigenvalue weighted by Crippen LogP contribution is 2.50. The summed E-state index contributed by atoms with van der Waals surface area (Å²) in [6.07, 6.45) is -4.56. The summed E-state index contributed by atoms with van der Waals surface area (Å²) in [5, 5.41) is 9.10. The molecule has 0 aromatic heterocycles. The van der Waals surface area contributed by atoms with Crippen LogP contribution >= 0.6 is 0 Å². The van der Waals surface area contributed by atoms with Crippen LogP contribution in [0.5, 0.6) is 0 Å². The van der Waals surface area contributed by atoms with Crippen LogP contribution in [0.4, 0.5) is 13.2 Å². The first kappa shape index (κ1) is 12.0. The summed E-state index contributed by atoms with van der Waals surface area (Å²) in [6.45, 7) is 0. The molecule has 1 aromatic rings. The van der Waals surface area contributed by atoms with Crippen LogP contribution in [0.2, 0.25) is 0 Å². The Balaban J connectivity index is 2.38. The zero-order valence-electron chi connectivity index (χ0n) is 8.92. The van der Waals surface area contributed by atoms with E-state index < -0.39 is 24.0 Å². The first-order valence-electron chi connectivity index (χ1n) is 5.24. The fourth-order valence-corrected chi connectivity index (χ4v) is 2.08. The number of alkyl halides is 3. The van der Waals surface area contributed by atoms with Crippen molar-refractivity contribution in [2.45, 2.75) is 30.9 Å². The lowest BCUT2D eigenvalue weighted by Crippen LogP contribution is -2.23. The maximum Gasteiger partial charge on any atom is 0.393 e. The van der Waals surface area contributed by atoms with Gasteiger partial charge in [-0.25, -0.2) is 0 Å². The number of aliphatic carboxylic acids is 1. The molecule has 1 aromatic carbocycles. The van der Waals surface area contributed by atoms with Crippen molar-refractivity contribution in [3.8, 4) is 0 Å². The monoisotopic (exact) mass is 244 g/mol. The quantitative estimate of drug-likeness (QED) is 0.887. The molecule has 0 radical (unpaired) electrons. The van der Waals surface area contributed by atoms with Gasteiger partial charge in [-0.15, -0.1) is 0 Å². The van der Waals surface area contributed by atoms with Crippen molar-refractivity contribution < 1.29 is 23.1 Å². The highest BCUT2D eigenvalue weighted by molar-refractivity contribution is 5.85. The number of halogens is 3. The maximum atomic E-state index is 12.4. The minimum atomic E-state index is -4.31. The van der Waals surface area contributed by atoms with Gasteiger partial charge in [0, 0.05) is 0 Å². The van der Waals surface area contributed by atoms with Crippen molar-refractivity contribution in [2.24, 2.45) is 0 Å². The molecule has 2 nitrogen and oxygen atoms in total. The largest absolute Gasteiger partial charge is 0.481 e. The zero-order chi connectivity index (χ0) is 12.7. The molecule has 1 aliphatic rings. The fraction of sp³-hybridized carbons (Fsp3) is 0.417. The molecule has 0 bridgehead atoms. The number of carboxylic acid groups (broad SMARTS) is 1. The van der Waals surface area contributed by atoms with Gasteiger partial charge in [-0.05, 0) is 24.0 Å². The Morgan fingerprint density at radius 3 is 2.35 bits per heavy atom. The van der Waals surface area contributed by atoms with Crippen LogP contribution in [-0.2, 0) is 16.6 Å². The SMILES string of the molecule is O=C(O)C1(c2ccccc2CC(F)(F)F)CC1. The summed E-state index contributed by atoms with van der Waals surface area (Å²) in [4.78, 5) is 11.1. The Bertz CT molecular complexity index is 447. The number of carbonyl (C=O) groups is 1. The Morgan fingerprint density at radius 2 is 1.88 bits per heavy atom. The van der Waals surface area contributed by atoms with Crippen molar-refractivity contribution in [1.82, 2.24) is 0 Å². The van der Waals surface area contributed by atoms with Gasteiger partial charge in [0.1, 0.15) is 0 Å². The Kier molecular flexibility index (Phi) is 2.64. The molecule has 5 heteroatoms. The molecule has 1 saturated carbocycles. The molecule has 17 heavy (non-hydrogen) atoms. The zero-order valence-corrected chi connectivity index (χ0v) is 8.92. The number of rotatable bonds is 3. The van der Waals surface area contributed by atoms with E-state index in [0.29, 0.717) is 18.4 Å². The molecule has 0 amide bonds. The van der Waals surface area contributed by atoms with Gasteiger partial charge in [-0.3, -0.25) is 4.79 Å². The smallest absolute Gasteiger partial charge is 0.393 e. The van der Waals surface area contributed by atoms with Crippen LogP contribution in [0.3, 0.4) is 0 Å². The van der Waals surface area contributed by atoms with Crippen molar-refractivity contribution >= 4 is 5.97 Å². The minimum Gasteiger partial charge on any atom is -0.481 e. The summed E-state index contributed by atoms with van der Waals surface area (Å²) < 4.78 is 37.2. The average molecular weight is 244 g/mol. The molecule has 92 valence electrons. The number of carboxylic acids is 1. The van der Waals surface area contributed by atoms with Crippen LogP contribution in [0.1, 0.15) is 24.0 Å². The predicted molar refractivity (Wildman–Crippen MR) is 54.7 cm³/mol. The van der Waals surface area contributed by atoms with Crippen LogP contribution in [0, 0.1) is 0 Å². The third kappa shape index (κ3) is 2.28. The van der Waals surface area contributed by atoms with E-state index in [1.165, 1.54) is 18.2 Å². The standard InChI is InChI=1S/C12H11F3O2/c13-12(14,15)7-8-3-1-2-4-9(8)11(5-6-11)10(16)17/h1-4H,5-7H2,(H,16,17). The molecule has 0 aliphatic heterocycles. The molecule has 2 rings (SSSR count). The summed E-state index contributed by atoms with van der Waals surface area (Å²) in [5.74, 6) is -1.04. The first-order valence-corrected chi connectivity index (χ1v) is 5.24. The maximum absolute atomic E-state index is 12.4. The normalized spacial score (nSPS) is 17.8. The van der Waals surface area contributed by atoms with Crippen LogP contribution in [0.25, 0.3) is 0 Å². The van der Waals surface area contributed by atoms with E-state index in [0.717, 1.165) is 0 Å². The van der Waals surface area contributed by atoms with E-state index >= 15 is 0 Å². The second-order valence-corrected chi connectivity index (χ2v) is 4.34. The second kappa shape index (κ2) is 3.75. The Hall–Kier alpha value is -1.52. The van der Waals surface area contributed by atoms with E-state index in [1.807, 2.05) is 0 Å². The van der Waals surface area contributed by atoms with Gasteiger partial charge in [-0.2, -0.15) is 13.2 Å². The predicted octanol–water partition coefficient (Wildman–Crippen LogP) is 2.91. The van der Waals surface area contributed by atoms with E-state index in [9.17, 15) is 18.0 Å². The lowest BCUT2D eigenvalue weighted by molar-refractivity contribution is -0.140. The lowest BCUT2D eigenvalue weighted by Gasteiger charge is -2.16. The van der Waals surface area contributed by atoms with Gasteiger partial charge < -0.3 is 5.11 Å². The number of hydrogen-bond acceptors (Lipinski definition) is 1. The lowest BCUT2D eigenvalue weighted by atomic mass is 9.90. The molecule has 1 N–H and O–H groups in total. The minimum absolute atomic E-state index is 0.0694. The van der Waals surface area contributed by atoms with Crippen molar-refractivity contribution in [1.29, 1.82) is 0 Å². The summed E-state index contributed by atoms with van der Waals surface area (Å²) >= 11 is 0. The van der Waals surface area contributed by atoms with Gasteiger partial charge in [0.25, 0.3) is 0 Å². The summed E-state index contributed by atoms with van der Waals surface area (Å²) in [6, 6.07) is 5.93. The van der Waals surface area contributed by atoms with Crippen molar-refractivity contribution in [3.05, 3.63) is 35.4 Å². The van der Waals surface area contributed by atoms with Crippen molar-refractivity contribution in [2.75, 3.05) is 0 Å². The van der Waals surface area contributed by atoms with Gasteiger partial charge in [0.05, 0.1) is 11.8 Å². The summed E-state index contributed by atoms with van der Waals surface area (Å²) in [7, 11) is 0. The highest BCUT2D eigenvalue weighted by Gasteiger charge is 2.53. The second-order valence-electron chi connectivity index (χ2n) is 4.34. The topological polar surface area (TPSA) is 37.3 Å². The van der Waals surface area contributed by atoms with Gasteiger partial charge in [0.2, 0.25) is 0 Å². The Labute approximate surface area is 96.1 Å². The molecular weight excluding hydrogens is 233 g/mol. The molecular formula is C12H11F3O2. The van der Waals surface area contributed by atoms with Crippen LogP contribution in [0.15, 0.2) is 24.3 Å². The van der Waals surface area contributed by atoms with Crippen LogP contribution in [-0.4, -0.2) is 17.3 Å². The molecule has 0 heterocycles. The number of benzene rings is 1. The molecule has 1 fully saturated rings. The first-order chi connectivity index (χ1) is 7.85. The molecule has 0 atom stereocenters. The third-order valence-corrected chi connectivity index (χ3v) is 3.08. The van der Waals surface area contributed by atoms with Crippen LogP contribution < -0.4 is 0 Å². The summed E-state index contributed by atoms with van der Waals surface area (Å²) in [5.41, 5.74) is -0.702.